The van der Waals surface area contributed by atoms with Crippen LogP contribution in [0.25, 0.3) is 0 Å². The molecule has 112 valence electrons. The maximum atomic E-state index is 13.3. The van der Waals surface area contributed by atoms with E-state index >= 15 is 0 Å². The lowest BCUT2D eigenvalue weighted by Gasteiger charge is -2.04. The van der Waals surface area contributed by atoms with Gasteiger partial charge in [0.15, 0.2) is 9.34 Å². The van der Waals surface area contributed by atoms with Crippen molar-refractivity contribution in [3.63, 3.8) is 0 Å². The van der Waals surface area contributed by atoms with Crippen molar-refractivity contribution in [2.75, 3.05) is 5.32 Å². The van der Waals surface area contributed by atoms with Crippen LogP contribution in [0.4, 0.5) is 9.52 Å². The maximum Gasteiger partial charge on any atom is 0.272 e. The van der Waals surface area contributed by atoms with Gasteiger partial charge in [0.25, 0.3) is 15.0 Å². The molecule has 1 amide bonds. The van der Waals surface area contributed by atoms with E-state index in [1.54, 1.807) is 0 Å². The Morgan fingerprint density at radius 2 is 2.10 bits per heavy atom. The summed E-state index contributed by atoms with van der Waals surface area (Å²) >= 11 is 6.39. The van der Waals surface area contributed by atoms with Crippen LogP contribution in [0.15, 0.2) is 22.4 Å². The summed E-state index contributed by atoms with van der Waals surface area (Å²) in [7, 11) is 1.30. The van der Waals surface area contributed by atoms with Gasteiger partial charge in [0.2, 0.25) is 0 Å². The van der Waals surface area contributed by atoms with Crippen molar-refractivity contribution in [2.24, 2.45) is 0 Å². The maximum absolute atomic E-state index is 13.3. The van der Waals surface area contributed by atoms with Crippen molar-refractivity contribution in [1.82, 2.24) is 4.98 Å². The third kappa shape index (κ3) is 3.52. The predicted molar refractivity (Wildman–Crippen MR) is 79.3 cm³/mol. The van der Waals surface area contributed by atoms with E-state index in [0.29, 0.717) is 11.3 Å². The fourth-order valence-corrected chi connectivity index (χ4v) is 4.06. The number of thiazole rings is 1. The molecular formula is C11H7Cl2FN2O3S2. The highest BCUT2D eigenvalue weighted by Gasteiger charge is 2.21. The number of hydrogen-bond donors (Lipinski definition) is 1. The Hall–Kier alpha value is -1.22. The molecule has 0 aliphatic carbocycles. The zero-order chi connectivity index (χ0) is 15.8. The summed E-state index contributed by atoms with van der Waals surface area (Å²) < 4.78 is 35.7. The molecule has 21 heavy (non-hydrogen) atoms. The van der Waals surface area contributed by atoms with Crippen molar-refractivity contribution >= 4 is 53.7 Å². The largest absolute Gasteiger partial charge is 0.298 e. The quantitative estimate of drug-likeness (QED) is 0.842. The van der Waals surface area contributed by atoms with Crippen molar-refractivity contribution in [2.45, 2.75) is 11.1 Å². The lowest BCUT2D eigenvalue weighted by atomic mass is 10.2. The Labute approximate surface area is 133 Å². The number of benzene rings is 1. The number of nitrogens with one attached hydrogen (secondary N) is 1. The Bertz CT molecular complexity index is 821. The van der Waals surface area contributed by atoms with E-state index in [9.17, 15) is 17.6 Å². The first-order chi connectivity index (χ1) is 9.70. The molecule has 0 atom stereocenters. The van der Waals surface area contributed by atoms with Gasteiger partial charge in [-0.1, -0.05) is 29.0 Å². The standard InChI is InChI=1S/C11H7Cl2FN2O3S2/c1-5-10(21(13,18)19)20-11(15-5)16-9(17)6-3-2-4-7(14)8(6)12/h2-4H,1H3,(H,15,16,17). The molecule has 0 saturated heterocycles. The molecule has 1 N–H and O–H groups in total. The third-order valence-corrected chi connectivity index (χ3v) is 6.03. The number of amides is 1. The molecular weight excluding hydrogens is 362 g/mol. The van der Waals surface area contributed by atoms with E-state index in [4.69, 9.17) is 22.3 Å². The van der Waals surface area contributed by atoms with E-state index in [1.165, 1.54) is 19.1 Å². The minimum atomic E-state index is -3.94. The molecule has 2 rings (SSSR count). The highest BCUT2D eigenvalue weighted by Crippen LogP contribution is 2.30. The first kappa shape index (κ1) is 16.2. The monoisotopic (exact) mass is 368 g/mol. The van der Waals surface area contributed by atoms with Gasteiger partial charge in [-0.3, -0.25) is 10.1 Å². The van der Waals surface area contributed by atoms with E-state index < -0.39 is 20.8 Å². The van der Waals surface area contributed by atoms with Crippen LogP contribution in [0.5, 0.6) is 0 Å². The molecule has 1 heterocycles. The van der Waals surface area contributed by atoms with Gasteiger partial charge in [0, 0.05) is 10.7 Å². The number of nitrogens with zero attached hydrogens (tertiary/aromatic N) is 1. The Morgan fingerprint density at radius 1 is 1.43 bits per heavy atom. The third-order valence-electron chi connectivity index (χ3n) is 2.39. The molecule has 0 saturated carbocycles. The zero-order valence-electron chi connectivity index (χ0n) is 10.4. The van der Waals surface area contributed by atoms with Crippen molar-refractivity contribution in [3.05, 3.63) is 40.3 Å². The summed E-state index contributed by atoms with van der Waals surface area (Å²) in [5.74, 6) is -1.43. The average Bonchev–Trinajstić information content (AvgIpc) is 2.73. The minimum absolute atomic E-state index is 0.0250. The van der Waals surface area contributed by atoms with Crippen LogP contribution in [-0.2, 0) is 9.05 Å². The second kappa shape index (κ2) is 5.88. The van der Waals surface area contributed by atoms with Gasteiger partial charge in [-0.25, -0.2) is 17.8 Å². The molecule has 0 radical (unpaired) electrons. The van der Waals surface area contributed by atoms with Gasteiger partial charge in [-0.15, -0.1) is 0 Å². The first-order valence-corrected chi connectivity index (χ1v) is 8.88. The van der Waals surface area contributed by atoms with Gasteiger partial charge >= 0.3 is 0 Å². The van der Waals surface area contributed by atoms with Crippen molar-refractivity contribution < 1.29 is 17.6 Å². The summed E-state index contributed by atoms with van der Waals surface area (Å²) in [4.78, 5) is 15.9. The molecule has 0 aliphatic heterocycles. The van der Waals surface area contributed by atoms with Crippen LogP contribution in [0.3, 0.4) is 0 Å². The number of hydrogen-bond acceptors (Lipinski definition) is 5. The number of aryl methyl sites for hydroxylation is 1. The fourth-order valence-electron chi connectivity index (χ4n) is 1.51. The molecule has 10 heteroatoms. The number of carbonyl (C=O) groups is 1. The van der Waals surface area contributed by atoms with Gasteiger partial charge in [0.1, 0.15) is 5.82 Å². The summed E-state index contributed by atoms with van der Waals surface area (Å²) in [6, 6.07) is 3.78. The summed E-state index contributed by atoms with van der Waals surface area (Å²) in [6.07, 6.45) is 0. The average molecular weight is 369 g/mol. The normalized spacial score (nSPS) is 11.4. The number of carbonyl (C=O) groups excluding carboxylic acids is 1. The highest BCUT2D eigenvalue weighted by molar-refractivity contribution is 8.15. The van der Waals surface area contributed by atoms with E-state index in [2.05, 4.69) is 10.3 Å². The Morgan fingerprint density at radius 3 is 2.67 bits per heavy atom. The second-order valence-electron chi connectivity index (χ2n) is 3.89. The van der Waals surface area contributed by atoms with Gasteiger partial charge in [0.05, 0.1) is 16.3 Å². The fraction of sp³-hybridized carbons (Fsp3) is 0.0909. The van der Waals surface area contributed by atoms with Gasteiger partial charge in [-0.05, 0) is 19.1 Å². The second-order valence-corrected chi connectivity index (χ2v) is 8.02. The SMILES string of the molecule is Cc1nc(NC(=O)c2cccc(F)c2Cl)sc1S(=O)(=O)Cl. The number of anilines is 1. The number of rotatable bonds is 3. The molecule has 5 nitrogen and oxygen atoms in total. The number of aromatic nitrogens is 1. The smallest absolute Gasteiger partial charge is 0.272 e. The van der Waals surface area contributed by atoms with E-state index in [0.717, 1.165) is 6.07 Å². The molecule has 0 unspecified atom stereocenters. The molecule has 0 spiro atoms. The summed E-state index contributed by atoms with van der Waals surface area (Å²) in [5.41, 5.74) is 0.0791. The molecule has 1 aromatic carbocycles. The van der Waals surface area contributed by atoms with Crippen molar-refractivity contribution in [3.8, 4) is 0 Å². The first-order valence-electron chi connectivity index (χ1n) is 5.37. The van der Waals surface area contributed by atoms with Gasteiger partial charge in [-0.2, -0.15) is 0 Å². The topological polar surface area (TPSA) is 76.1 Å². The molecule has 0 fully saturated rings. The van der Waals surface area contributed by atoms with Crippen LogP contribution in [-0.4, -0.2) is 19.3 Å². The van der Waals surface area contributed by atoms with E-state index in [-0.39, 0.29) is 25.6 Å². The number of halogens is 3. The molecule has 1 aromatic heterocycles. The summed E-state index contributed by atoms with van der Waals surface area (Å²) in [6.45, 7) is 1.44. The van der Waals surface area contributed by atoms with Gasteiger partial charge < -0.3 is 0 Å². The van der Waals surface area contributed by atoms with Crippen LogP contribution in [0, 0.1) is 12.7 Å². The summed E-state index contributed by atoms with van der Waals surface area (Å²) in [5, 5.41) is 2.05. The molecule has 0 bridgehead atoms. The van der Waals surface area contributed by atoms with Crippen LogP contribution in [0.1, 0.15) is 16.1 Å². The Balaban J connectivity index is 2.31. The van der Waals surface area contributed by atoms with Crippen LogP contribution < -0.4 is 5.32 Å². The van der Waals surface area contributed by atoms with Crippen LogP contribution in [0.2, 0.25) is 5.02 Å². The lowest BCUT2D eigenvalue weighted by Crippen LogP contribution is -2.12. The molecule has 0 aliphatic rings. The van der Waals surface area contributed by atoms with Crippen molar-refractivity contribution in [1.29, 1.82) is 0 Å². The Kier molecular flexibility index (Phi) is 4.52. The van der Waals surface area contributed by atoms with Crippen LogP contribution >= 0.6 is 33.6 Å². The lowest BCUT2D eigenvalue weighted by molar-refractivity contribution is 0.102. The minimum Gasteiger partial charge on any atom is -0.298 e. The highest BCUT2D eigenvalue weighted by atomic mass is 35.7. The molecule has 2 aromatic rings. The van der Waals surface area contributed by atoms with E-state index in [1.807, 2.05) is 0 Å². The predicted octanol–water partition coefficient (Wildman–Crippen LogP) is 3.42. The zero-order valence-corrected chi connectivity index (χ0v) is 13.5.